The van der Waals surface area contributed by atoms with Gasteiger partial charge in [0.1, 0.15) is 5.75 Å². The number of hydrogen-bond acceptors (Lipinski definition) is 7. The fourth-order valence-electron chi connectivity index (χ4n) is 3.71. The molecule has 0 bridgehead atoms. The maximum absolute atomic E-state index is 12.7. The molecule has 1 amide bonds. The largest absolute Gasteiger partial charge is 0.495 e. The summed E-state index contributed by atoms with van der Waals surface area (Å²) < 4.78 is 36.7. The van der Waals surface area contributed by atoms with Crippen molar-refractivity contribution >= 4 is 21.6 Å². The molecular weight excluding hydrogens is 480 g/mol. The smallest absolute Gasteiger partial charge is 0.246 e. The number of ether oxygens (including phenoxy) is 1. The van der Waals surface area contributed by atoms with Crippen LogP contribution in [0.3, 0.4) is 0 Å². The van der Waals surface area contributed by atoms with Gasteiger partial charge in [-0.15, -0.1) is 0 Å². The number of anilines is 1. The molecule has 36 heavy (non-hydrogen) atoms. The van der Waals surface area contributed by atoms with Gasteiger partial charge in [0.05, 0.1) is 25.6 Å². The highest BCUT2D eigenvalue weighted by Crippen LogP contribution is 2.30. The van der Waals surface area contributed by atoms with Gasteiger partial charge in [-0.25, -0.2) is 8.42 Å². The zero-order valence-corrected chi connectivity index (χ0v) is 22.5. The highest BCUT2D eigenvalue weighted by molar-refractivity contribution is 7.92. The van der Waals surface area contributed by atoms with Crippen LogP contribution in [0.1, 0.15) is 45.1 Å². The SMILES string of the molecule is COc1ccccc1N(CCCC(=O)N(C)Cc1nc(-c2ccc(C(C)(C)C)cc2)no1)S(C)(=O)=O. The Morgan fingerprint density at radius 1 is 1.08 bits per heavy atom. The molecule has 10 heteroatoms. The molecule has 2 aromatic carbocycles. The Hall–Kier alpha value is -3.40. The molecule has 0 N–H and O–H groups in total. The van der Waals surface area contributed by atoms with Gasteiger partial charge in [0.15, 0.2) is 0 Å². The van der Waals surface area contributed by atoms with E-state index >= 15 is 0 Å². The van der Waals surface area contributed by atoms with Crippen molar-refractivity contribution in [3.63, 3.8) is 0 Å². The van der Waals surface area contributed by atoms with Crippen molar-refractivity contribution in [2.24, 2.45) is 0 Å². The predicted octanol–water partition coefficient (Wildman–Crippen LogP) is 4.25. The minimum absolute atomic E-state index is 0.0511. The number of carbonyl (C=O) groups is 1. The Labute approximate surface area is 213 Å². The number of rotatable bonds is 10. The summed E-state index contributed by atoms with van der Waals surface area (Å²) in [6, 6.07) is 14.9. The number of nitrogens with zero attached hydrogens (tertiary/aromatic N) is 4. The molecule has 0 aliphatic rings. The number of para-hydroxylation sites is 2. The average molecular weight is 515 g/mol. The van der Waals surface area contributed by atoms with Gasteiger partial charge in [-0.1, -0.05) is 62.3 Å². The van der Waals surface area contributed by atoms with Crippen LogP contribution in [0.5, 0.6) is 5.75 Å². The topological polar surface area (TPSA) is 106 Å². The van der Waals surface area contributed by atoms with Crippen molar-refractivity contribution in [2.45, 2.75) is 45.6 Å². The van der Waals surface area contributed by atoms with Crippen LogP contribution >= 0.6 is 0 Å². The van der Waals surface area contributed by atoms with E-state index in [4.69, 9.17) is 9.26 Å². The molecule has 0 radical (unpaired) electrons. The predicted molar refractivity (Wildman–Crippen MR) is 139 cm³/mol. The number of aromatic nitrogens is 2. The van der Waals surface area contributed by atoms with Gasteiger partial charge in [0.2, 0.25) is 27.6 Å². The highest BCUT2D eigenvalue weighted by atomic mass is 32.2. The summed E-state index contributed by atoms with van der Waals surface area (Å²) in [5.41, 5.74) is 2.54. The fraction of sp³-hybridized carbons (Fsp3) is 0.423. The monoisotopic (exact) mass is 514 g/mol. The maximum atomic E-state index is 12.7. The van der Waals surface area contributed by atoms with E-state index in [0.29, 0.717) is 29.6 Å². The summed E-state index contributed by atoms with van der Waals surface area (Å²) in [5.74, 6) is 1.09. The van der Waals surface area contributed by atoms with Crippen LogP contribution in [0.4, 0.5) is 5.69 Å². The van der Waals surface area contributed by atoms with E-state index < -0.39 is 10.0 Å². The quantitative estimate of drug-likeness (QED) is 0.398. The second-order valence-corrected chi connectivity index (χ2v) is 11.6. The molecule has 1 heterocycles. The summed E-state index contributed by atoms with van der Waals surface area (Å²) in [6.07, 6.45) is 1.63. The van der Waals surface area contributed by atoms with E-state index in [1.807, 2.05) is 24.3 Å². The van der Waals surface area contributed by atoms with Gasteiger partial charge in [0, 0.05) is 25.6 Å². The molecule has 0 saturated heterocycles. The van der Waals surface area contributed by atoms with Crippen molar-refractivity contribution < 1.29 is 22.5 Å². The zero-order valence-electron chi connectivity index (χ0n) is 21.7. The first-order valence-corrected chi connectivity index (χ1v) is 13.5. The zero-order chi connectivity index (χ0) is 26.5. The summed E-state index contributed by atoms with van der Waals surface area (Å²) in [7, 11) is -0.417. The molecule has 1 aromatic heterocycles. The second kappa shape index (κ2) is 11.1. The van der Waals surface area contributed by atoms with Crippen molar-refractivity contribution in [3.05, 3.63) is 60.0 Å². The number of carbonyl (C=O) groups excluding carboxylic acids is 1. The summed E-state index contributed by atoms with van der Waals surface area (Å²) in [6.45, 7) is 6.76. The van der Waals surface area contributed by atoms with Gasteiger partial charge in [-0.3, -0.25) is 9.10 Å². The van der Waals surface area contributed by atoms with Crippen LogP contribution in [-0.2, 0) is 26.8 Å². The number of amides is 1. The minimum atomic E-state index is -3.56. The van der Waals surface area contributed by atoms with E-state index in [1.165, 1.54) is 21.9 Å². The molecule has 3 aromatic rings. The van der Waals surface area contributed by atoms with Crippen molar-refractivity contribution in [2.75, 3.05) is 31.3 Å². The van der Waals surface area contributed by atoms with E-state index in [2.05, 4.69) is 30.9 Å². The maximum Gasteiger partial charge on any atom is 0.246 e. The number of benzene rings is 2. The Balaban J connectivity index is 1.58. The first kappa shape index (κ1) is 27.2. The average Bonchev–Trinajstić information content (AvgIpc) is 3.29. The Morgan fingerprint density at radius 2 is 1.75 bits per heavy atom. The van der Waals surface area contributed by atoms with Crippen molar-refractivity contribution in [1.29, 1.82) is 0 Å². The Kier molecular flexibility index (Phi) is 8.39. The summed E-state index contributed by atoms with van der Waals surface area (Å²) >= 11 is 0. The lowest BCUT2D eigenvalue weighted by molar-refractivity contribution is -0.130. The molecule has 3 rings (SSSR count). The van der Waals surface area contributed by atoms with Gasteiger partial charge in [-0.2, -0.15) is 4.98 Å². The lowest BCUT2D eigenvalue weighted by Crippen LogP contribution is -2.32. The third-order valence-corrected chi connectivity index (χ3v) is 6.96. The minimum Gasteiger partial charge on any atom is -0.495 e. The molecule has 0 unspecified atom stereocenters. The fourth-order valence-corrected chi connectivity index (χ4v) is 4.68. The molecular formula is C26H34N4O5S. The van der Waals surface area contributed by atoms with Gasteiger partial charge >= 0.3 is 0 Å². The molecule has 0 saturated carbocycles. The van der Waals surface area contributed by atoms with E-state index in [1.54, 1.807) is 31.3 Å². The Morgan fingerprint density at radius 3 is 2.36 bits per heavy atom. The van der Waals surface area contributed by atoms with Crippen LogP contribution in [0.25, 0.3) is 11.4 Å². The first-order chi connectivity index (χ1) is 16.9. The molecule has 0 aliphatic heterocycles. The molecule has 0 aliphatic carbocycles. The van der Waals surface area contributed by atoms with E-state index in [-0.39, 0.29) is 30.8 Å². The summed E-state index contributed by atoms with van der Waals surface area (Å²) in [4.78, 5) is 18.6. The lowest BCUT2D eigenvalue weighted by Gasteiger charge is -2.24. The van der Waals surface area contributed by atoms with Crippen molar-refractivity contribution in [3.8, 4) is 17.1 Å². The Bertz CT molecular complexity index is 1280. The van der Waals surface area contributed by atoms with E-state index in [9.17, 15) is 13.2 Å². The van der Waals surface area contributed by atoms with Crippen molar-refractivity contribution in [1.82, 2.24) is 15.0 Å². The molecule has 0 spiro atoms. The third-order valence-electron chi connectivity index (χ3n) is 5.78. The molecule has 0 fully saturated rings. The highest BCUT2D eigenvalue weighted by Gasteiger charge is 2.22. The van der Waals surface area contributed by atoms with E-state index in [0.717, 1.165) is 11.8 Å². The molecule has 0 atom stereocenters. The normalized spacial score (nSPS) is 11.8. The van der Waals surface area contributed by atoms with Gasteiger partial charge in [-0.05, 0) is 29.5 Å². The summed E-state index contributed by atoms with van der Waals surface area (Å²) in [5, 5.41) is 4.04. The van der Waals surface area contributed by atoms with Crippen LogP contribution in [-0.4, -0.2) is 56.3 Å². The number of sulfonamides is 1. The van der Waals surface area contributed by atoms with Gasteiger partial charge < -0.3 is 14.2 Å². The third kappa shape index (κ3) is 6.84. The van der Waals surface area contributed by atoms with Crippen LogP contribution in [0.15, 0.2) is 53.1 Å². The number of methoxy groups -OCH3 is 1. The first-order valence-electron chi connectivity index (χ1n) is 11.7. The molecule has 9 nitrogen and oxygen atoms in total. The second-order valence-electron chi connectivity index (χ2n) is 9.70. The van der Waals surface area contributed by atoms with Crippen LogP contribution in [0, 0.1) is 0 Å². The van der Waals surface area contributed by atoms with Gasteiger partial charge in [0.25, 0.3) is 0 Å². The lowest BCUT2D eigenvalue weighted by atomic mass is 9.87. The van der Waals surface area contributed by atoms with Crippen LogP contribution in [0.2, 0.25) is 0 Å². The molecule has 194 valence electrons. The van der Waals surface area contributed by atoms with Crippen LogP contribution < -0.4 is 9.04 Å². The number of hydrogen-bond donors (Lipinski definition) is 0. The standard InChI is InChI=1S/C26H34N4O5S/c1-26(2,3)20-15-13-19(14-16-20)25-27-23(35-28-25)18-29(4)24(31)12-9-17-30(36(6,32)33)21-10-7-8-11-22(21)34-5/h7-8,10-11,13-16H,9,12,17-18H2,1-6H3.